The van der Waals surface area contributed by atoms with E-state index in [1.807, 2.05) is 12.1 Å². The van der Waals surface area contributed by atoms with E-state index in [0.717, 1.165) is 43.2 Å². The number of hydrogen-bond acceptors (Lipinski definition) is 10. The molecule has 0 aromatic heterocycles. The van der Waals surface area contributed by atoms with Crippen LogP contribution in [0.25, 0.3) is 11.1 Å². The lowest BCUT2D eigenvalue weighted by Crippen LogP contribution is -2.65. The van der Waals surface area contributed by atoms with E-state index < -0.39 is 90.9 Å². The number of benzene rings is 2. The second kappa shape index (κ2) is 21.8. The molecule has 10 atom stereocenters. The van der Waals surface area contributed by atoms with Crippen LogP contribution in [0.15, 0.2) is 48.5 Å². The molecule has 4 aliphatic rings. The molecule has 6 rings (SSSR count). The Morgan fingerprint density at radius 1 is 0.797 bits per heavy atom. The van der Waals surface area contributed by atoms with Crippen LogP contribution < -0.4 is 43.4 Å². The fraction of sp³-hybridized carbons (Fsp3) is 0.609. The summed E-state index contributed by atoms with van der Waals surface area (Å²) in [4.78, 5) is 79.2. The van der Waals surface area contributed by atoms with Gasteiger partial charge in [-0.15, -0.1) is 0 Å². The third-order valence-electron chi connectivity index (χ3n) is 13.4. The molecule has 1 heterocycles. The average Bonchev–Trinajstić information content (AvgIpc) is 3.62. The maximum Gasteiger partial charge on any atom is 0.481 e. The van der Waals surface area contributed by atoms with Crippen LogP contribution in [-0.4, -0.2) is 102 Å². The van der Waals surface area contributed by atoms with E-state index in [2.05, 4.69) is 83.9 Å². The summed E-state index contributed by atoms with van der Waals surface area (Å²) in [5.41, 5.74) is 14.5. The predicted molar refractivity (Wildman–Crippen MR) is 244 cm³/mol. The van der Waals surface area contributed by atoms with Crippen LogP contribution in [0.1, 0.15) is 105 Å². The Kier molecular flexibility index (Phi) is 17.0. The molecule has 350 valence electrons. The second-order valence-corrected chi connectivity index (χ2v) is 18.6. The van der Waals surface area contributed by atoms with E-state index in [1.165, 1.54) is 19.4 Å². The van der Waals surface area contributed by atoms with Gasteiger partial charge in [0.2, 0.25) is 29.5 Å². The van der Waals surface area contributed by atoms with Crippen molar-refractivity contribution in [2.24, 2.45) is 28.7 Å². The summed E-state index contributed by atoms with van der Waals surface area (Å²) in [5.74, 6) is -3.86. The smallest absolute Gasteiger partial charge is 0.404 e. The lowest BCUT2D eigenvalue weighted by Gasteiger charge is -2.64. The lowest BCUT2D eigenvalue weighted by molar-refractivity contribution is -0.199. The number of carbonyl (C=O) groups is 6. The number of anilines is 1. The van der Waals surface area contributed by atoms with Crippen molar-refractivity contribution in [3.8, 4) is 11.1 Å². The molecule has 1 saturated heterocycles. The first-order valence-corrected chi connectivity index (χ1v) is 22.7. The Labute approximate surface area is 377 Å². The van der Waals surface area contributed by atoms with E-state index in [-0.39, 0.29) is 17.9 Å². The van der Waals surface area contributed by atoms with Crippen LogP contribution in [0, 0.1) is 17.3 Å². The molecule has 7 amide bonds. The Hall–Kier alpha value is -5.04. The van der Waals surface area contributed by atoms with Crippen LogP contribution in [0.5, 0.6) is 0 Å². The maximum absolute atomic E-state index is 13.6. The van der Waals surface area contributed by atoms with Crippen LogP contribution in [0.3, 0.4) is 0 Å². The van der Waals surface area contributed by atoms with Gasteiger partial charge >= 0.3 is 13.1 Å². The monoisotopic (exact) mass is 889 g/mol. The van der Waals surface area contributed by atoms with Crippen LogP contribution >= 0.6 is 0 Å². The SMILES string of the molecule is CCCCc1ccc(-c2ccc(NC(=O)N[C@@H](CCCCN)C(=O)N[C@H](C(=O)N[C@@H](C)C(=O)N[C@@H](CC(N)=O)C(=O)N[C@@H](C)B3OC4C[C@@H]5C[C@@H](C5(C)C)[C@]4(C)O3)C(C)O)cc2)cc1. The minimum absolute atomic E-state index is 0.120. The molecule has 64 heavy (non-hydrogen) atoms. The summed E-state index contributed by atoms with van der Waals surface area (Å²) in [6, 6.07) is 9.63. The number of aryl methyl sites for hydroxylation is 1. The molecule has 2 aromatic rings. The molecule has 0 spiro atoms. The fourth-order valence-electron chi connectivity index (χ4n) is 9.32. The zero-order valence-corrected chi connectivity index (χ0v) is 38.3. The predicted octanol–water partition coefficient (Wildman–Crippen LogP) is 2.82. The van der Waals surface area contributed by atoms with Crippen LogP contribution in [0.4, 0.5) is 10.5 Å². The molecule has 2 aromatic carbocycles. The number of hydrogen-bond donors (Lipinski definition) is 9. The summed E-state index contributed by atoms with van der Waals surface area (Å²) in [7, 11) is -0.753. The zero-order valence-electron chi connectivity index (χ0n) is 38.3. The number of amides is 7. The molecule has 11 N–H and O–H groups in total. The van der Waals surface area contributed by atoms with E-state index in [4.69, 9.17) is 20.8 Å². The van der Waals surface area contributed by atoms with E-state index >= 15 is 0 Å². The first-order valence-electron chi connectivity index (χ1n) is 22.7. The first-order chi connectivity index (χ1) is 30.3. The molecule has 2 bridgehead atoms. The maximum atomic E-state index is 13.6. The number of unbranched alkanes of at least 4 members (excludes halogenated alkanes) is 2. The Balaban J connectivity index is 1.14. The minimum Gasteiger partial charge on any atom is -0.404 e. The summed E-state index contributed by atoms with van der Waals surface area (Å²) < 4.78 is 12.7. The number of rotatable bonds is 22. The van der Waals surface area contributed by atoms with Crippen molar-refractivity contribution in [3.63, 3.8) is 0 Å². The van der Waals surface area contributed by atoms with Crippen LogP contribution in [0.2, 0.25) is 0 Å². The molecule has 18 heteroatoms. The largest absolute Gasteiger partial charge is 0.481 e. The number of aliphatic hydroxyl groups excluding tert-OH is 1. The third-order valence-corrected chi connectivity index (χ3v) is 13.4. The summed E-state index contributed by atoms with van der Waals surface area (Å²) in [6.07, 6.45) is 4.34. The highest BCUT2D eigenvalue weighted by Crippen LogP contribution is 2.65. The van der Waals surface area contributed by atoms with Crippen molar-refractivity contribution in [3.05, 3.63) is 54.1 Å². The van der Waals surface area contributed by atoms with Gasteiger partial charge < -0.3 is 57.8 Å². The van der Waals surface area contributed by atoms with E-state index in [0.29, 0.717) is 36.9 Å². The standard InChI is InChI=1S/C46H69BN8O9/c1-8-9-12-29-14-16-30(17-15-29)31-18-20-33(21-19-31)52-44(62)54-34(13-10-11-22-48)41(59)55-39(27(3)56)43(61)50-26(2)40(58)53-35(25-38(49)57)42(60)51-28(4)47-63-37-24-32-23-36(45(32,5)6)46(37,7)64-47/h14-21,26-28,32,34-37,39,56H,8-13,22-25,48H2,1-7H3,(H2,49,57)(H,50,61)(H,51,60)(H,53,58)(H,55,59)(H2,52,54,62)/t26-,27?,28-,32-,34-,35-,36-,37?,39-,46-/m0/s1. The minimum atomic E-state index is -1.54. The second-order valence-electron chi connectivity index (χ2n) is 18.6. The number of carbonyl (C=O) groups excluding carboxylic acids is 6. The molecule has 4 fully saturated rings. The highest BCUT2D eigenvalue weighted by Gasteiger charge is 2.68. The number of nitrogens with two attached hydrogens (primary N) is 2. The normalized spacial score (nSPS) is 23.4. The van der Waals surface area contributed by atoms with Crippen LogP contribution in [-0.2, 0) is 39.7 Å². The van der Waals surface area contributed by atoms with E-state index in [1.54, 1.807) is 19.1 Å². The van der Waals surface area contributed by atoms with Gasteiger partial charge in [-0.3, -0.25) is 24.0 Å². The fourth-order valence-corrected chi connectivity index (χ4v) is 9.32. The van der Waals surface area contributed by atoms with Gasteiger partial charge in [-0.2, -0.15) is 0 Å². The molecule has 2 unspecified atom stereocenters. The highest BCUT2D eigenvalue weighted by atomic mass is 16.7. The Bertz CT molecular complexity index is 1970. The topological polar surface area (TPSA) is 265 Å². The molecular weight excluding hydrogens is 819 g/mol. The molecule has 3 saturated carbocycles. The lowest BCUT2D eigenvalue weighted by atomic mass is 9.43. The van der Waals surface area contributed by atoms with Gasteiger partial charge in [0.15, 0.2) is 0 Å². The number of urea groups is 1. The molecule has 0 radical (unpaired) electrons. The van der Waals surface area contributed by atoms with Gasteiger partial charge in [-0.05, 0) is 125 Å². The quantitative estimate of drug-likeness (QED) is 0.0617. The van der Waals surface area contributed by atoms with Gasteiger partial charge in [-0.25, -0.2) is 4.79 Å². The number of primary amides is 1. The van der Waals surface area contributed by atoms with Gasteiger partial charge in [0.1, 0.15) is 24.2 Å². The van der Waals surface area contributed by atoms with Crippen molar-refractivity contribution in [2.75, 3.05) is 11.9 Å². The number of aliphatic hydroxyl groups is 1. The van der Waals surface area contributed by atoms with E-state index in [9.17, 15) is 33.9 Å². The van der Waals surface area contributed by atoms with Gasteiger partial charge in [-0.1, -0.05) is 63.6 Å². The summed E-state index contributed by atoms with van der Waals surface area (Å²) in [5, 5.41) is 26.3. The molecule has 1 aliphatic heterocycles. The van der Waals surface area contributed by atoms with Gasteiger partial charge in [0, 0.05) is 5.69 Å². The number of nitrogens with one attached hydrogen (secondary N) is 6. The average molecular weight is 889 g/mol. The van der Waals surface area contributed by atoms with Gasteiger partial charge in [0.05, 0.1) is 30.2 Å². The van der Waals surface area contributed by atoms with Gasteiger partial charge in [0.25, 0.3) is 0 Å². The highest BCUT2D eigenvalue weighted by molar-refractivity contribution is 6.47. The molecule has 3 aliphatic carbocycles. The Morgan fingerprint density at radius 2 is 1.44 bits per heavy atom. The van der Waals surface area contributed by atoms with Crippen molar-refractivity contribution in [2.45, 2.75) is 154 Å². The van der Waals surface area contributed by atoms with Crippen molar-refractivity contribution in [1.82, 2.24) is 26.6 Å². The molecular formula is C46H69BN8O9. The third kappa shape index (κ3) is 12.2. The van der Waals surface area contributed by atoms with Crippen molar-refractivity contribution in [1.29, 1.82) is 0 Å². The summed E-state index contributed by atoms with van der Waals surface area (Å²) >= 11 is 0. The Morgan fingerprint density at radius 3 is 2.03 bits per heavy atom. The summed E-state index contributed by atoms with van der Waals surface area (Å²) in [6.45, 7) is 13.4. The molecule has 17 nitrogen and oxygen atoms in total. The first kappa shape index (κ1) is 50.0. The zero-order chi connectivity index (χ0) is 46.9. The van der Waals surface area contributed by atoms with Crippen molar-refractivity contribution < 1.29 is 43.2 Å². The van der Waals surface area contributed by atoms with Crippen molar-refractivity contribution >= 4 is 48.4 Å².